The first-order valence-electron chi connectivity index (χ1n) is 20.2. The van der Waals surface area contributed by atoms with Crippen LogP contribution in [0.3, 0.4) is 0 Å². The van der Waals surface area contributed by atoms with Crippen LogP contribution in [0.4, 0.5) is 0 Å². The first kappa shape index (κ1) is 33.6. The van der Waals surface area contributed by atoms with E-state index in [2.05, 4.69) is 188 Å². The van der Waals surface area contributed by atoms with Crippen molar-refractivity contribution >= 4 is 106 Å². The fraction of sp³-hybridized carbons (Fsp3) is 0. The Hall–Kier alpha value is -7.31. The third-order valence-corrected chi connectivity index (χ3v) is 14.4. The molecular weight excluding hydrogens is 767 g/mol. The number of nitrogens with zero attached hydrogens (tertiary/aromatic N) is 3. The standard InChI is InChI=1S/C55H31N3S2/c1-2-15-36-34(13-1)35-14-3-5-17-38(35)50-39-18-6-4-16-37(39)44(31-45(36)50)32-27-29-33(30-28-32)53-56-54(42-21-11-25-48-51(42)40-19-7-9-23-46(40)59-48)58-55(57-53)43-22-12-26-49-52(43)41-20-8-10-24-47(41)60-49/h1-31H. The summed E-state index contributed by atoms with van der Waals surface area (Å²) in [5, 5.41) is 14.9. The topological polar surface area (TPSA) is 38.7 Å². The average Bonchev–Trinajstić information content (AvgIpc) is 3.90. The predicted molar refractivity (Wildman–Crippen MR) is 257 cm³/mol. The summed E-state index contributed by atoms with van der Waals surface area (Å²) in [7, 11) is 0. The van der Waals surface area contributed by atoms with E-state index in [0.717, 1.165) is 22.3 Å². The molecular formula is C55H31N3S2. The van der Waals surface area contributed by atoms with Crippen LogP contribution in [-0.2, 0) is 0 Å². The second-order valence-electron chi connectivity index (χ2n) is 15.4. The van der Waals surface area contributed by atoms with Crippen LogP contribution < -0.4 is 0 Å². The highest BCUT2D eigenvalue weighted by molar-refractivity contribution is 7.26. The largest absolute Gasteiger partial charge is 0.208 e. The Morgan fingerprint density at radius 3 is 1.22 bits per heavy atom. The average molecular weight is 798 g/mol. The SMILES string of the molecule is c1ccc2c(c1)sc1cccc(-c3nc(-c4ccc(-c5cc6c7ccccc7c7ccccc7c6c6ccccc56)cc4)nc(-c4cccc5sc6ccccc6c45)n3)c12. The summed E-state index contributed by atoms with van der Waals surface area (Å²) in [4.78, 5) is 15.9. The molecule has 0 fully saturated rings. The Bertz CT molecular complexity index is 3770. The number of hydrogen-bond acceptors (Lipinski definition) is 5. The minimum absolute atomic E-state index is 0.649. The molecule has 0 spiro atoms. The second kappa shape index (κ2) is 13.1. The quantitative estimate of drug-likeness (QED) is 0.167. The third-order valence-electron chi connectivity index (χ3n) is 12.1. The molecule has 278 valence electrons. The summed E-state index contributed by atoms with van der Waals surface area (Å²) in [6, 6.07) is 67.9. The summed E-state index contributed by atoms with van der Waals surface area (Å²) in [5.41, 5.74) is 5.31. The lowest BCUT2D eigenvalue weighted by Gasteiger charge is -2.16. The number of aromatic nitrogens is 3. The summed E-state index contributed by atoms with van der Waals surface area (Å²) in [6.07, 6.45) is 0. The van der Waals surface area contributed by atoms with Gasteiger partial charge in [0.2, 0.25) is 0 Å². The van der Waals surface area contributed by atoms with E-state index < -0.39 is 0 Å². The molecule has 0 aliphatic rings. The van der Waals surface area contributed by atoms with Crippen molar-refractivity contribution in [1.29, 1.82) is 0 Å². The fourth-order valence-electron chi connectivity index (χ4n) is 9.47. The number of rotatable bonds is 4. The molecule has 0 saturated heterocycles. The van der Waals surface area contributed by atoms with Crippen molar-refractivity contribution in [1.82, 2.24) is 15.0 Å². The van der Waals surface area contributed by atoms with Gasteiger partial charge < -0.3 is 0 Å². The van der Waals surface area contributed by atoms with E-state index in [1.165, 1.54) is 89.0 Å². The van der Waals surface area contributed by atoms with E-state index in [1.54, 1.807) is 0 Å². The van der Waals surface area contributed by atoms with Crippen molar-refractivity contribution in [2.75, 3.05) is 0 Å². The first-order chi connectivity index (χ1) is 29.7. The van der Waals surface area contributed by atoms with Crippen LogP contribution in [0.25, 0.3) is 129 Å². The van der Waals surface area contributed by atoms with Gasteiger partial charge in [-0.1, -0.05) is 158 Å². The molecule has 3 aromatic heterocycles. The fourth-order valence-corrected chi connectivity index (χ4v) is 11.7. The Labute approximate surface area is 352 Å². The maximum atomic E-state index is 5.33. The van der Waals surface area contributed by atoms with Crippen molar-refractivity contribution < 1.29 is 0 Å². The van der Waals surface area contributed by atoms with Crippen molar-refractivity contribution in [2.45, 2.75) is 0 Å². The molecule has 0 aliphatic carbocycles. The smallest absolute Gasteiger partial charge is 0.164 e. The molecule has 0 amide bonds. The van der Waals surface area contributed by atoms with Gasteiger partial charge in [0.1, 0.15) is 0 Å². The van der Waals surface area contributed by atoms with Crippen LogP contribution in [0.5, 0.6) is 0 Å². The van der Waals surface area contributed by atoms with Crippen molar-refractivity contribution in [3.05, 3.63) is 188 Å². The van der Waals surface area contributed by atoms with Crippen LogP contribution in [0.1, 0.15) is 0 Å². The Morgan fingerprint density at radius 1 is 0.250 bits per heavy atom. The molecule has 3 nitrogen and oxygen atoms in total. The molecule has 0 atom stereocenters. The van der Waals surface area contributed by atoms with Crippen LogP contribution in [-0.4, -0.2) is 15.0 Å². The second-order valence-corrected chi connectivity index (χ2v) is 17.6. The molecule has 10 aromatic carbocycles. The van der Waals surface area contributed by atoms with Crippen LogP contribution >= 0.6 is 22.7 Å². The highest BCUT2D eigenvalue weighted by Gasteiger charge is 2.20. The summed E-state index contributed by atoms with van der Waals surface area (Å²) in [5.74, 6) is 1.99. The monoisotopic (exact) mass is 797 g/mol. The molecule has 13 aromatic rings. The zero-order valence-corrected chi connectivity index (χ0v) is 33.7. The van der Waals surface area contributed by atoms with Crippen LogP contribution in [0.2, 0.25) is 0 Å². The van der Waals surface area contributed by atoms with Gasteiger partial charge in [0, 0.05) is 57.0 Å². The Morgan fingerprint density at radius 2 is 0.650 bits per heavy atom. The molecule has 60 heavy (non-hydrogen) atoms. The van der Waals surface area contributed by atoms with E-state index in [9.17, 15) is 0 Å². The lowest BCUT2D eigenvalue weighted by atomic mass is 9.87. The van der Waals surface area contributed by atoms with E-state index in [0.29, 0.717) is 17.5 Å². The Kier molecular flexibility index (Phi) is 7.35. The van der Waals surface area contributed by atoms with Gasteiger partial charge in [-0.15, -0.1) is 22.7 Å². The number of hydrogen-bond donors (Lipinski definition) is 0. The molecule has 0 bridgehead atoms. The van der Waals surface area contributed by atoms with Crippen LogP contribution in [0, 0.1) is 0 Å². The molecule has 0 radical (unpaired) electrons. The predicted octanol–water partition coefficient (Wildman–Crippen LogP) is 15.9. The molecule has 5 heteroatoms. The molecule has 0 unspecified atom stereocenters. The molecule has 0 aliphatic heterocycles. The normalized spacial score (nSPS) is 12.0. The molecule has 3 heterocycles. The van der Waals surface area contributed by atoms with Gasteiger partial charge in [-0.05, 0) is 84.5 Å². The van der Waals surface area contributed by atoms with Gasteiger partial charge in [0.05, 0.1) is 0 Å². The van der Waals surface area contributed by atoms with Crippen molar-refractivity contribution in [3.63, 3.8) is 0 Å². The van der Waals surface area contributed by atoms with Gasteiger partial charge in [-0.3, -0.25) is 0 Å². The third kappa shape index (κ3) is 5.03. The van der Waals surface area contributed by atoms with Crippen molar-refractivity contribution in [3.8, 4) is 45.3 Å². The minimum atomic E-state index is 0.649. The van der Waals surface area contributed by atoms with Crippen molar-refractivity contribution in [2.24, 2.45) is 0 Å². The van der Waals surface area contributed by atoms with Gasteiger partial charge >= 0.3 is 0 Å². The van der Waals surface area contributed by atoms with E-state index in [1.807, 2.05) is 22.7 Å². The zero-order chi connectivity index (χ0) is 39.3. The zero-order valence-electron chi connectivity index (χ0n) is 32.1. The summed E-state index contributed by atoms with van der Waals surface area (Å²) >= 11 is 3.62. The van der Waals surface area contributed by atoms with Gasteiger partial charge in [0.15, 0.2) is 17.5 Å². The summed E-state index contributed by atoms with van der Waals surface area (Å²) in [6.45, 7) is 0. The van der Waals surface area contributed by atoms with E-state index >= 15 is 0 Å². The van der Waals surface area contributed by atoms with Crippen LogP contribution in [0.15, 0.2) is 188 Å². The Balaban J connectivity index is 1.03. The maximum absolute atomic E-state index is 5.33. The number of thiophene rings is 2. The van der Waals surface area contributed by atoms with Gasteiger partial charge in [-0.2, -0.15) is 0 Å². The van der Waals surface area contributed by atoms with E-state index in [4.69, 9.17) is 15.0 Å². The highest BCUT2D eigenvalue weighted by atomic mass is 32.1. The summed E-state index contributed by atoms with van der Waals surface area (Å²) < 4.78 is 4.94. The molecule has 0 saturated carbocycles. The van der Waals surface area contributed by atoms with Gasteiger partial charge in [0.25, 0.3) is 0 Å². The number of fused-ring (bicyclic) bond motifs is 14. The lowest BCUT2D eigenvalue weighted by molar-refractivity contribution is 1.08. The maximum Gasteiger partial charge on any atom is 0.164 e. The van der Waals surface area contributed by atoms with Gasteiger partial charge in [-0.25, -0.2) is 15.0 Å². The first-order valence-corrected chi connectivity index (χ1v) is 21.8. The lowest BCUT2D eigenvalue weighted by Crippen LogP contribution is -2.00. The number of benzene rings is 10. The minimum Gasteiger partial charge on any atom is -0.208 e. The molecule has 0 N–H and O–H groups in total. The molecule has 13 rings (SSSR count). The highest BCUT2D eigenvalue weighted by Crippen LogP contribution is 2.45. The van der Waals surface area contributed by atoms with E-state index in [-0.39, 0.29) is 0 Å².